The summed E-state index contributed by atoms with van der Waals surface area (Å²) >= 11 is 0. The van der Waals surface area contributed by atoms with Crippen molar-refractivity contribution in [1.29, 1.82) is 0 Å². The van der Waals surface area contributed by atoms with Crippen LogP contribution >= 0.6 is 0 Å². The van der Waals surface area contributed by atoms with Crippen molar-refractivity contribution in [3.8, 4) is 0 Å². The monoisotopic (exact) mass is 401 g/mol. The van der Waals surface area contributed by atoms with Crippen molar-refractivity contribution in [1.82, 2.24) is 15.0 Å². The zero-order valence-corrected chi connectivity index (χ0v) is 18.5. The highest BCUT2D eigenvalue weighted by molar-refractivity contribution is 5.77. The third-order valence-electron chi connectivity index (χ3n) is 7.88. The van der Waals surface area contributed by atoms with Crippen LogP contribution in [0.4, 0.5) is 0 Å². The second-order valence-corrected chi connectivity index (χ2v) is 10.0. The maximum atomic E-state index is 12.9. The van der Waals surface area contributed by atoms with Gasteiger partial charge in [-0.25, -0.2) is 0 Å². The first kappa shape index (κ1) is 20.9. The normalized spacial score (nSPS) is 26.5. The minimum atomic E-state index is 0.307. The summed E-state index contributed by atoms with van der Waals surface area (Å²) in [7, 11) is 0. The quantitative estimate of drug-likeness (QED) is 0.704. The van der Waals surface area contributed by atoms with Crippen LogP contribution in [0.3, 0.4) is 0 Å². The molecule has 4 rings (SSSR count). The first-order valence-corrected chi connectivity index (χ1v) is 12.0. The van der Waals surface area contributed by atoms with Gasteiger partial charge in [0.2, 0.25) is 5.91 Å². The van der Waals surface area contributed by atoms with Crippen molar-refractivity contribution in [2.24, 2.45) is 11.3 Å². The number of carbonyl (C=O) groups excluding carboxylic acids is 1. The summed E-state index contributed by atoms with van der Waals surface area (Å²) in [6.07, 6.45) is 13.7. The zero-order chi connectivity index (χ0) is 20.3. The smallest absolute Gasteiger partial charge is 0.222 e. The standard InChI is InChI=1S/C24H39N3O2/c1-19-22(20(2)29-25-19)9-10-23(28)27-16-13-24(18-27)12-6-14-26(17-24)15-11-21-7-4-3-5-8-21/h21H,3-18H2,1-2H3/t24-/m0/s1. The minimum absolute atomic E-state index is 0.307. The fourth-order valence-corrected chi connectivity index (χ4v) is 6.07. The molecule has 1 atom stereocenters. The number of aromatic nitrogens is 1. The molecule has 1 aromatic rings. The number of carbonyl (C=O) groups is 1. The third-order valence-corrected chi connectivity index (χ3v) is 7.88. The highest BCUT2D eigenvalue weighted by atomic mass is 16.5. The second kappa shape index (κ2) is 9.20. The van der Waals surface area contributed by atoms with Gasteiger partial charge in [0.25, 0.3) is 0 Å². The van der Waals surface area contributed by atoms with E-state index in [1.54, 1.807) is 0 Å². The highest BCUT2D eigenvalue weighted by Gasteiger charge is 2.42. The molecule has 0 unspecified atom stereocenters. The van der Waals surface area contributed by atoms with E-state index in [2.05, 4.69) is 15.0 Å². The van der Waals surface area contributed by atoms with Gasteiger partial charge in [0.15, 0.2) is 0 Å². The Morgan fingerprint density at radius 3 is 2.69 bits per heavy atom. The molecule has 0 bridgehead atoms. The molecular formula is C24H39N3O2. The molecule has 1 saturated carbocycles. The molecule has 0 radical (unpaired) electrons. The molecule has 1 aliphatic carbocycles. The van der Waals surface area contributed by atoms with Crippen molar-refractivity contribution in [3.63, 3.8) is 0 Å². The summed E-state index contributed by atoms with van der Waals surface area (Å²) in [5, 5.41) is 4.01. The van der Waals surface area contributed by atoms with E-state index in [1.807, 2.05) is 13.8 Å². The van der Waals surface area contributed by atoms with E-state index < -0.39 is 0 Å². The molecule has 162 valence electrons. The molecule has 2 aliphatic heterocycles. The maximum absolute atomic E-state index is 12.9. The van der Waals surface area contributed by atoms with Gasteiger partial charge in [-0.1, -0.05) is 37.3 Å². The van der Waals surface area contributed by atoms with Crippen LogP contribution in [0, 0.1) is 25.2 Å². The largest absolute Gasteiger partial charge is 0.361 e. The Hall–Kier alpha value is -1.36. The summed E-state index contributed by atoms with van der Waals surface area (Å²) in [5.74, 6) is 2.13. The SMILES string of the molecule is Cc1noc(C)c1CCC(=O)N1CC[C@]2(CCCN(CCC3CCCCC3)C2)C1. The number of hydrogen-bond donors (Lipinski definition) is 0. The van der Waals surface area contributed by atoms with Gasteiger partial charge in [0.05, 0.1) is 5.69 Å². The molecule has 0 aromatic carbocycles. The molecule has 3 aliphatic rings. The van der Waals surface area contributed by atoms with E-state index in [9.17, 15) is 4.79 Å². The van der Waals surface area contributed by atoms with Crippen molar-refractivity contribution < 1.29 is 9.32 Å². The number of likely N-dealkylation sites (tertiary alicyclic amines) is 2. The number of hydrogen-bond acceptors (Lipinski definition) is 4. The number of piperidine rings is 1. The minimum Gasteiger partial charge on any atom is -0.361 e. The predicted octanol–water partition coefficient (Wildman–Crippen LogP) is 4.51. The summed E-state index contributed by atoms with van der Waals surface area (Å²) < 4.78 is 5.24. The summed E-state index contributed by atoms with van der Waals surface area (Å²) in [5.41, 5.74) is 2.39. The van der Waals surface area contributed by atoms with Gasteiger partial charge < -0.3 is 14.3 Å². The number of nitrogens with zero attached hydrogens (tertiary/aromatic N) is 3. The Balaban J connectivity index is 1.25. The third kappa shape index (κ3) is 5.04. The summed E-state index contributed by atoms with van der Waals surface area (Å²) in [4.78, 5) is 17.7. The van der Waals surface area contributed by atoms with E-state index in [4.69, 9.17) is 4.52 Å². The van der Waals surface area contributed by atoms with Gasteiger partial charge in [-0.3, -0.25) is 4.79 Å². The Labute approximate surface area is 176 Å². The Morgan fingerprint density at radius 1 is 1.10 bits per heavy atom. The Bertz CT molecular complexity index is 675. The second-order valence-electron chi connectivity index (χ2n) is 10.0. The predicted molar refractivity (Wildman–Crippen MR) is 115 cm³/mol. The van der Waals surface area contributed by atoms with Crippen molar-refractivity contribution in [2.45, 2.75) is 84.5 Å². The van der Waals surface area contributed by atoms with E-state index >= 15 is 0 Å². The topological polar surface area (TPSA) is 49.6 Å². The lowest BCUT2D eigenvalue weighted by atomic mass is 9.79. The van der Waals surface area contributed by atoms with Crippen molar-refractivity contribution in [3.05, 3.63) is 17.0 Å². The van der Waals surface area contributed by atoms with Crippen LogP contribution < -0.4 is 0 Å². The fraction of sp³-hybridized carbons (Fsp3) is 0.833. The van der Waals surface area contributed by atoms with E-state index in [0.29, 0.717) is 17.7 Å². The van der Waals surface area contributed by atoms with Gasteiger partial charge in [-0.05, 0) is 65.0 Å². The Morgan fingerprint density at radius 2 is 1.93 bits per heavy atom. The summed E-state index contributed by atoms with van der Waals surface area (Å²) in [6, 6.07) is 0. The number of rotatable bonds is 6. The zero-order valence-electron chi connectivity index (χ0n) is 18.5. The maximum Gasteiger partial charge on any atom is 0.222 e. The molecule has 1 spiro atoms. The van der Waals surface area contributed by atoms with Gasteiger partial charge in [0.1, 0.15) is 5.76 Å². The average Bonchev–Trinajstić information content (AvgIpc) is 3.29. The van der Waals surface area contributed by atoms with Crippen LogP contribution in [-0.4, -0.2) is 53.6 Å². The van der Waals surface area contributed by atoms with Crippen LogP contribution in [0.15, 0.2) is 4.52 Å². The summed E-state index contributed by atoms with van der Waals surface area (Å²) in [6.45, 7) is 9.54. The molecule has 3 fully saturated rings. The van der Waals surface area contributed by atoms with Crippen LogP contribution in [0.25, 0.3) is 0 Å². The van der Waals surface area contributed by atoms with Crippen LogP contribution in [0.5, 0.6) is 0 Å². The van der Waals surface area contributed by atoms with Gasteiger partial charge in [-0.2, -0.15) is 0 Å². The molecule has 5 nitrogen and oxygen atoms in total. The van der Waals surface area contributed by atoms with E-state index in [1.165, 1.54) is 77.4 Å². The molecule has 29 heavy (non-hydrogen) atoms. The van der Waals surface area contributed by atoms with Crippen LogP contribution in [0.1, 0.15) is 81.2 Å². The van der Waals surface area contributed by atoms with Crippen molar-refractivity contribution in [2.75, 3.05) is 32.7 Å². The van der Waals surface area contributed by atoms with Crippen molar-refractivity contribution >= 4 is 5.91 Å². The molecule has 2 saturated heterocycles. The highest BCUT2D eigenvalue weighted by Crippen LogP contribution is 2.39. The first-order chi connectivity index (χ1) is 14.0. The molecule has 1 aromatic heterocycles. The molecule has 0 N–H and O–H groups in total. The number of aryl methyl sites for hydroxylation is 2. The molecule has 5 heteroatoms. The van der Waals surface area contributed by atoms with E-state index in [-0.39, 0.29) is 0 Å². The average molecular weight is 402 g/mol. The first-order valence-electron chi connectivity index (χ1n) is 12.0. The van der Waals surface area contributed by atoms with Gasteiger partial charge in [0, 0.05) is 37.0 Å². The number of amides is 1. The molecule has 1 amide bonds. The van der Waals surface area contributed by atoms with E-state index in [0.717, 1.165) is 42.4 Å². The van der Waals surface area contributed by atoms with Gasteiger partial charge in [-0.15, -0.1) is 0 Å². The van der Waals surface area contributed by atoms with Gasteiger partial charge >= 0.3 is 0 Å². The lowest BCUT2D eigenvalue weighted by molar-refractivity contribution is -0.130. The Kier molecular flexibility index (Phi) is 6.63. The fourth-order valence-electron chi connectivity index (χ4n) is 6.07. The van der Waals surface area contributed by atoms with Crippen LogP contribution in [0.2, 0.25) is 0 Å². The lowest BCUT2D eigenvalue weighted by Crippen LogP contribution is -2.45. The lowest BCUT2D eigenvalue weighted by Gasteiger charge is -2.41. The van der Waals surface area contributed by atoms with Crippen LogP contribution in [-0.2, 0) is 11.2 Å². The molecular weight excluding hydrogens is 362 g/mol. The molecule has 3 heterocycles.